The molecule has 0 heterocycles. The van der Waals surface area contributed by atoms with Gasteiger partial charge in [-0.25, -0.2) is 0 Å². The van der Waals surface area contributed by atoms with Crippen LogP contribution in [0.1, 0.15) is 29.2 Å². The third-order valence-corrected chi connectivity index (χ3v) is 2.42. The highest BCUT2D eigenvalue weighted by Gasteiger charge is 2.32. The zero-order chi connectivity index (χ0) is 14.6. The summed E-state index contributed by atoms with van der Waals surface area (Å²) in [6.07, 6.45) is -8.27. The van der Waals surface area contributed by atoms with Crippen molar-refractivity contribution in [3.63, 3.8) is 0 Å². The predicted octanol–water partition coefficient (Wildman–Crippen LogP) is 1.89. The first-order valence-corrected chi connectivity index (χ1v) is 5.15. The Balaban J connectivity index is 3.22. The monoisotopic (exact) mass is 270 g/mol. The molecule has 0 saturated heterocycles. The number of aliphatic hydroxyl groups is 2. The van der Waals surface area contributed by atoms with Crippen molar-refractivity contribution in [3.8, 4) is 12.1 Å². The lowest BCUT2D eigenvalue weighted by molar-refractivity contribution is -0.137. The van der Waals surface area contributed by atoms with E-state index in [0.717, 1.165) is 6.07 Å². The van der Waals surface area contributed by atoms with E-state index in [9.17, 15) is 23.4 Å². The van der Waals surface area contributed by atoms with E-state index in [1.165, 1.54) is 0 Å². The van der Waals surface area contributed by atoms with Crippen LogP contribution in [0.15, 0.2) is 18.2 Å². The Morgan fingerprint density at radius 2 is 1.79 bits per heavy atom. The van der Waals surface area contributed by atoms with Crippen LogP contribution in [0.3, 0.4) is 0 Å². The van der Waals surface area contributed by atoms with E-state index in [-0.39, 0.29) is 11.1 Å². The van der Waals surface area contributed by atoms with Gasteiger partial charge in [0.1, 0.15) is 6.10 Å². The second kappa shape index (κ2) is 5.70. The summed E-state index contributed by atoms with van der Waals surface area (Å²) >= 11 is 0. The lowest BCUT2D eigenvalue weighted by Gasteiger charge is -2.17. The number of aliphatic hydroxyl groups excluding tert-OH is 2. The molecule has 0 radical (unpaired) electrons. The quantitative estimate of drug-likeness (QED) is 0.877. The standard InChI is InChI=1S/C12H9F3N2O2/c13-12(14,15)9-4-7(6-17)3-8(5-9)11(19)10(18)1-2-16/h3-5,10-11,18-19H,1H2. The molecular weight excluding hydrogens is 261 g/mol. The highest BCUT2D eigenvalue weighted by atomic mass is 19.4. The molecule has 19 heavy (non-hydrogen) atoms. The molecule has 100 valence electrons. The number of nitrogens with zero attached hydrogens (tertiary/aromatic N) is 2. The second-order valence-corrected chi connectivity index (χ2v) is 3.83. The molecular formula is C12H9F3N2O2. The minimum Gasteiger partial charge on any atom is -0.389 e. The van der Waals surface area contributed by atoms with Crippen LogP contribution in [-0.2, 0) is 6.18 Å². The molecule has 4 nitrogen and oxygen atoms in total. The van der Waals surface area contributed by atoms with Crippen LogP contribution in [0.5, 0.6) is 0 Å². The Labute approximate surface area is 106 Å². The van der Waals surface area contributed by atoms with Crippen LogP contribution in [0.2, 0.25) is 0 Å². The van der Waals surface area contributed by atoms with Gasteiger partial charge in [0.15, 0.2) is 0 Å². The van der Waals surface area contributed by atoms with Crippen LogP contribution in [0, 0.1) is 22.7 Å². The van der Waals surface area contributed by atoms with E-state index in [1.54, 1.807) is 12.1 Å². The molecule has 7 heteroatoms. The molecule has 0 aliphatic rings. The van der Waals surface area contributed by atoms with Gasteiger partial charge in [-0.3, -0.25) is 0 Å². The van der Waals surface area contributed by atoms with E-state index in [0.29, 0.717) is 12.1 Å². The van der Waals surface area contributed by atoms with Crippen molar-refractivity contribution in [1.82, 2.24) is 0 Å². The molecule has 1 rings (SSSR count). The summed E-state index contributed by atoms with van der Waals surface area (Å²) in [4.78, 5) is 0. The van der Waals surface area contributed by atoms with Crippen molar-refractivity contribution in [1.29, 1.82) is 10.5 Å². The molecule has 2 unspecified atom stereocenters. The summed E-state index contributed by atoms with van der Waals surface area (Å²) in [6.45, 7) is 0. The highest BCUT2D eigenvalue weighted by Crippen LogP contribution is 2.32. The van der Waals surface area contributed by atoms with Crippen LogP contribution >= 0.6 is 0 Å². The molecule has 1 aromatic carbocycles. The number of benzene rings is 1. The average Bonchev–Trinajstić information content (AvgIpc) is 2.36. The maximum Gasteiger partial charge on any atom is 0.416 e. The van der Waals surface area contributed by atoms with Crippen molar-refractivity contribution in [2.45, 2.75) is 24.8 Å². The topological polar surface area (TPSA) is 88.0 Å². The largest absolute Gasteiger partial charge is 0.416 e. The molecule has 0 aromatic heterocycles. The van der Waals surface area contributed by atoms with Gasteiger partial charge in [-0.15, -0.1) is 0 Å². The fourth-order valence-corrected chi connectivity index (χ4v) is 1.48. The number of halogens is 3. The summed E-state index contributed by atoms with van der Waals surface area (Å²) < 4.78 is 37.8. The fourth-order valence-electron chi connectivity index (χ4n) is 1.48. The van der Waals surface area contributed by atoms with Gasteiger partial charge < -0.3 is 10.2 Å². The van der Waals surface area contributed by atoms with Gasteiger partial charge >= 0.3 is 6.18 Å². The first-order chi connectivity index (χ1) is 8.79. The van der Waals surface area contributed by atoms with Crippen molar-refractivity contribution in [2.24, 2.45) is 0 Å². The van der Waals surface area contributed by atoms with Gasteiger partial charge in [-0.05, 0) is 23.8 Å². The van der Waals surface area contributed by atoms with Crippen LogP contribution in [-0.4, -0.2) is 16.3 Å². The van der Waals surface area contributed by atoms with E-state index >= 15 is 0 Å². The van der Waals surface area contributed by atoms with Gasteiger partial charge in [0, 0.05) is 0 Å². The highest BCUT2D eigenvalue weighted by molar-refractivity contribution is 5.39. The third-order valence-electron chi connectivity index (χ3n) is 2.42. The number of rotatable bonds is 3. The van der Waals surface area contributed by atoms with E-state index in [2.05, 4.69) is 0 Å². The predicted molar refractivity (Wildman–Crippen MR) is 57.4 cm³/mol. The van der Waals surface area contributed by atoms with Crippen molar-refractivity contribution in [2.75, 3.05) is 0 Å². The summed E-state index contributed by atoms with van der Waals surface area (Å²) in [5.74, 6) is 0. The van der Waals surface area contributed by atoms with Gasteiger partial charge in [-0.2, -0.15) is 23.7 Å². The Kier molecular flexibility index (Phi) is 4.49. The Hall–Kier alpha value is -2.09. The van der Waals surface area contributed by atoms with Crippen molar-refractivity contribution in [3.05, 3.63) is 34.9 Å². The van der Waals surface area contributed by atoms with Gasteiger partial charge in [-0.1, -0.05) is 0 Å². The minimum absolute atomic E-state index is 0.255. The zero-order valence-electron chi connectivity index (χ0n) is 9.52. The van der Waals surface area contributed by atoms with E-state index < -0.39 is 30.4 Å². The minimum atomic E-state index is -4.67. The summed E-state index contributed by atoms with van der Waals surface area (Å²) in [7, 11) is 0. The Bertz CT molecular complexity index is 543. The molecule has 0 spiro atoms. The maximum atomic E-state index is 12.6. The molecule has 0 bridgehead atoms. The molecule has 0 saturated carbocycles. The van der Waals surface area contributed by atoms with Gasteiger partial charge in [0.25, 0.3) is 0 Å². The molecule has 0 fully saturated rings. The smallest absolute Gasteiger partial charge is 0.389 e. The molecule has 2 atom stereocenters. The SMILES string of the molecule is N#CCC(O)C(O)c1cc(C#N)cc(C(F)(F)F)c1. The Morgan fingerprint density at radius 1 is 1.16 bits per heavy atom. The molecule has 0 amide bonds. The number of hydrogen-bond donors (Lipinski definition) is 2. The average molecular weight is 270 g/mol. The van der Waals surface area contributed by atoms with Crippen LogP contribution in [0.4, 0.5) is 13.2 Å². The third kappa shape index (κ3) is 3.68. The van der Waals surface area contributed by atoms with Crippen molar-refractivity contribution >= 4 is 0 Å². The first kappa shape index (κ1) is 15.0. The first-order valence-electron chi connectivity index (χ1n) is 5.15. The normalized spacial score (nSPS) is 14.3. The Morgan fingerprint density at radius 3 is 2.26 bits per heavy atom. The van der Waals surface area contributed by atoms with Crippen LogP contribution < -0.4 is 0 Å². The number of hydrogen-bond acceptors (Lipinski definition) is 4. The number of nitriles is 2. The summed E-state index contributed by atoms with van der Waals surface area (Å²) in [6, 6.07) is 5.48. The van der Waals surface area contributed by atoms with Crippen molar-refractivity contribution < 1.29 is 23.4 Å². The number of alkyl halides is 3. The fraction of sp³-hybridized carbons (Fsp3) is 0.333. The van der Waals surface area contributed by atoms with Crippen LogP contribution in [0.25, 0.3) is 0 Å². The molecule has 0 aliphatic heterocycles. The second-order valence-electron chi connectivity index (χ2n) is 3.83. The lowest BCUT2D eigenvalue weighted by Crippen LogP contribution is -2.18. The van der Waals surface area contributed by atoms with Gasteiger partial charge in [0.05, 0.1) is 35.8 Å². The molecule has 2 N–H and O–H groups in total. The summed E-state index contributed by atoms with van der Waals surface area (Å²) in [5.41, 5.74) is -1.63. The molecule has 1 aromatic rings. The van der Waals surface area contributed by atoms with Gasteiger partial charge in [0.2, 0.25) is 0 Å². The molecule has 0 aliphatic carbocycles. The zero-order valence-corrected chi connectivity index (χ0v) is 9.52. The maximum absolute atomic E-state index is 12.6. The summed E-state index contributed by atoms with van der Waals surface area (Å²) in [5, 5.41) is 36.1. The van der Waals surface area contributed by atoms with E-state index in [4.69, 9.17) is 10.5 Å². The lowest BCUT2D eigenvalue weighted by atomic mass is 9.98. The van der Waals surface area contributed by atoms with E-state index in [1.807, 2.05) is 0 Å².